The van der Waals surface area contributed by atoms with Crippen molar-refractivity contribution in [2.45, 2.75) is 54.9 Å². The van der Waals surface area contributed by atoms with Crippen LogP contribution >= 0.6 is 10.8 Å². The summed E-state index contributed by atoms with van der Waals surface area (Å²) >= 11 is 0. The van der Waals surface area contributed by atoms with Crippen molar-refractivity contribution >= 4 is 29.8 Å². The highest BCUT2D eigenvalue weighted by Gasteiger charge is 2.27. The number of benzene rings is 2. The van der Waals surface area contributed by atoms with Crippen molar-refractivity contribution in [3.63, 3.8) is 0 Å². The van der Waals surface area contributed by atoms with E-state index in [0.717, 1.165) is 16.4 Å². The van der Waals surface area contributed by atoms with Gasteiger partial charge in [0.1, 0.15) is 5.75 Å². The second kappa shape index (κ2) is 8.88. The molecule has 0 spiro atoms. The van der Waals surface area contributed by atoms with Gasteiger partial charge in [-0.15, -0.1) is 0 Å². The van der Waals surface area contributed by atoms with Crippen LogP contribution in [0.2, 0.25) is 0 Å². The van der Waals surface area contributed by atoms with Crippen LogP contribution in [0.4, 0.5) is 0 Å². The summed E-state index contributed by atoms with van der Waals surface area (Å²) in [6.07, 6.45) is 1.37. The highest BCUT2D eigenvalue weighted by atomic mass is 33.1. The molecule has 0 amide bonds. The molecule has 0 saturated carbocycles. The van der Waals surface area contributed by atoms with Crippen molar-refractivity contribution in [2.24, 2.45) is 0 Å². The van der Waals surface area contributed by atoms with Gasteiger partial charge in [0.2, 0.25) is 8.87 Å². The minimum Gasteiger partial charge on any atom is -0.378 e. The molecule has 32 heavy (non-hydrogen) atoms. The summed E-state index contributed by atoms with van der Waals surface area (Å²) in [5.74, 6) is 0.137. The zero-order valence-corrected chi connectivity index (χ0v) is 20.9. The van der Waals surface area contributed by atoms with Crippen molar-refractivity contribution in [3.8, 4) is 5.75 Å². The predicted octanol–water partition coefficient (Wildman–Crippen LogP) is 5.24. The van der Waals surface area contributed by atoms with Crippen LogP contribution < -0.4 is 4.18 Å². The van der Waals surface area contributed by atoms with E-state index in [-0.39, 0.29) is 15.7 Å². The van der Waals surface area contributed by atoms with Crippen LogP contribution in [0, 0.1) is 13.8 Å². The SMILES string of the molecule is Cc1ccc(S(=O)(=O)Sc2cc(C)c(OS(=O)(=O)c3ccccn3)cc2C(C)(C)C)cc1. The number of pyridine rings is 1. The monoisotopic (exact) mass is 491 g/mol. The summed E-state index contributed by atoms with van der Waals surface area (Å²) in [5, 5.41) is -0.197. The van der Waals surface area contributed by atoms with Gasteiger partial charge < -0.3 is 4.18 Å². The van der Waals surface area contributed by atoms with Crippen LogP contribution in [0.5, 0.6) is 5.75 Å². The zero-order valence-electron chi connectivity index (χ0n) is 18.5. The third-order valence-corrected chi connectivity index (χ3v) is 9.20. The normalized spacial score (nSPS) is 12.5. The summed E-state index contributed by atoms with van der Waals surface area (Å²) in [6.45, 7) is 9.35. The van der Waals surface area contributed by atoms with Crippen molar-refractivity contribution in [3.05, 3.63) is 77.5 Å². The van der Waals surface area contributed by atoms with Crippen LogP contribution in [-0.2, 0) is 24.4 Å². The highest BCUT2D eigenvalue weighted by Crippen LogP contribution is 2.41. The maximum Gasteiger partial charge on any atom is 0.356 e. The van der Waals surface area contributed by atoms with E-state index in [4.69, 9.17) is 4.18 Å². The molecule has 3 rings (SSSR count). The first kappa shape index (κ1) is 24.3. The van der Waals surface area contributed by atoms with Crippen LogP contribution in [0.3, 0.4) is 0 Å². The van der Waals surface area contributed by atoms with E-state index in [0.29, 0.717) is 16.0 Å². The van der Waals surface area contributed by atoms with E-state index >= 15 is 0 Å². The second-order valence-electron chi connectivity index (χ2n) is 8.42. The molecule has 0 bridgehead atoms. The lowest BCUT2D eigenvalue weighted by atomic mass is 9.86. The average Bonchev–Trinajstić information content (AvgIpc) is 2.70. The summed E-state index contributed by atoms with van der Waals surface area (Å²) in [6, 6.07) is 14.5. The molecule has 2 aromatic carbocycles. The standard InChI is InChI=1S/C23H25NO5S3/c1-16-9-11-18(12-10-16)32(27,28)30-21-14-17(2)20(15-19(21)23(3,4)5)29-31(25,26)22-8-6-7-13-24-22/h6-15H,1-5H3. The van der Waals surface area contributed by atoms with E-state index in [1.165, 1.54) is 12.3 Å². The number of aryl methyl sites for hydroxylation is 2. The number of rotatable bonds is 6. The smallest absolute Gasteiger partial charge is 0.356 e. The van der Waals surface area contributed by atoms with Gasteiger partial charge >= 0.3 is 10.1 Å². The van der Waals surface area contributed by atoms with Gasteiger partial charge in [-0.3, -0.25) is 0 Å². The largest absolute Gasteiger partial charge is 0.378 e. The molecule has 0 saturated heterocycles. The third-order valence-electron chi connectivity index (χ3n) is 4.69. The molecule has 9 heteroatoms. The molecule has 0 aliphatic carbocycles. The van der Waals surface area contributed by atoms with Gasteiger partial charge in [0.25, 0.3) is 0 Å². The van der Waals surface area contributed by atoms with Gasteiger partial charge in [0, 0.05) is 21.9 Å². The molecule has 0 aliphatic rings. The Kier molecular flexibility index (Phi) is 6.74. The first-order chi connectivity index (χ1) is 14.8. The van der Waals surface area contributed by atoms with Crippen molar-refractivity contribution in [2.75, 3.05) is 0 Å². The Morgan fingerprint density at radius 3 is 2.12 bits per heavy atom. The Hall–Kier alpha value is -2.36. The lowest BCUT2D eigenvalue weighted by molar-refractivity contribution is 0.477. The van der Waals surface area contributed by atoms with Crippen LogP contribution in [0.25, 0.3) is 0 Å². The Morgan fingerprint density at radius 1 is 0.906 bits per heavy atom. The fourth-order valence-corrected chi connectivity index (χ4v) is 7.10. The van der Waals surface area contributed by atoms with E-state index in [2.05, 4.69) is 4.98 Å². The summed E-state index contributed by atoms with van der Waals surface area (Å²) in [7, 11) is -7.05. The molecule has 0 aliphatic heterocycles. The maximum absolute atomic E-state index is 13.0. The number of aromatic nitrogens is 1. The van der Waals surface area contributed by atoms with Crippen LogP contribution in [0.15, 0.2) is 75.6 Å². The predicted molar refractivity (Wildman–Crippen MR) is 126 cm³/mol. The average molecular weight is 492 g/mol. The molecular weight excluding hydrogens is 466 g/mol. The van der Waals surface area contributed by atoms with E-state index < -0.39 is 24.4 Å². The van der Waals surface area contributed by atoms with Crippen LogP contribution in [-0.4, -0.2) is 21.8 Å². The first-order valence-corrected chi connectivity index (χ1v) is 14.0. The molecule has 0 fully saturated rings. The first-order valence-electron chi connectivity index (χ1n) is 9.81. The summed E-state index contributed by atoms with van der Waals surface area (Å²) < 4.78 is 56.8. The van der Waals surface area contributed by atoms with Crippen molar-refractivity contribution in [1.29, 1.82) is 0 Å². The second-order valence-corrected chi connectivity index (χ2v) is 13.7. The Bertz CT molecular complexity index is 1330. The lowest BCUT2D eigenvalue weighted by Crippen LogP contribution is -2.16. The Morgan fingerprint density at radius 2 is 1.56 bits per heavy atom. The number of hydrogen-bond acceptors (Lipinski definition) is 7. The Labute approximate surface area is 193 Å². The molecule has 1 heterocycles. The molecular formula is C23H25NO5S3. The third kappa shape index (κ3) is 5.51. The van der Waals surface area contributed by atoms with Gasteiger partial charge in [0.05, 0.1) is 4.90 Å². The molecule has 1 aromatic heterocycles. The molecule has 170 valence electrons. The minimum absolute atomic E-state index is 0.137. The van der Waals surface area contributed by atoms with Crippen LogP contribution in [0.1, 0.15) is 37.5 Å². The minimum atomic E-state index is -4.13. The fourth-order valence-electron chi connectivity index (χ4n) is 2.93. The van der Waals surface area contributed by atoms with Gasteiger partial charge in [-0.05, 0) is 66.8 Å². The van der Waals surface area contributed by atoms with Crippen molar-refractivity contribution < 1.29 is 21.0 Å². The van der Waals surface area contributed by atoms with Gasteiger partial charge in [-0.25, -0.2) is 13.4 Å². The quantitative estimate of drug-likeness (QED) is 0.344. The molecule has 0 N–H and O–H groups in total. The maximum atomic E-state index is 13.0. The molecule has 0 atom stereocenters. The summed E-state index contributed by atoms with van der Waals surface area (Å²) in [5.41, 5.74) is 1.66. The molecule has 3 aromatic rings. The summed E-state index contributed by atoms with van der Waals surface area (Å²) in [4.78, 5) is 4.59. The highest BCUT2D eigenvalue weighted by molar-refractivity contribution is 8.72. The van der Waals surface area contributed by atoms with E-state index in [1.807, 2.05) is 27.7 Å². The fraction of sp³-hybridized carbons (Fsp3) is 0.261. The topological polar surface area (TPSA) is 90.4 Å². The van der Waals surface area contributed by atoms with Gasteiger partial charge in [-0.1, -0.05) is 44.5 Å². The molecule has 0 unspecified atom stereocenters. The van der Waals surface area contributed by atoms with E-state index in [1.54, 1.807) is 55.5 Å². The molecule has 0 radical (unpaired) electrons. The van der Waals surface area contributed by atoms with Gasteiger partial charge in [-0.2, -0.15) is 8.42 Å². The van der Waals surface area contributed by atoms with E-state index in [9.17, 15) is 16.8 Å². The van der Waals surface area contributed by atoms with Crippen molar-refractivity contribution in [1.82, 2.24) is 4.98 Å². The molecule has 6 nitrogen and oxygen atoms in total. The zero-order chi connectivity index (χ0) is 23.7. The Balaban J connectivity index is 2.04. The van der Waals surface area contributed by atoms with Gasteiger partial charge in [0.15, 0.2) is 5.03 Å². The lowest BCUT2D eigenvalue weighted by Gasteiger charge is -2.24. The number of hydrogen-bond donors (Lipinski definition) is 0. The number of nitrogens with zero attached hydrogens (tertiary/aromatic N) is 1.